The van der Waals surface area contributed by atoms with Crippen LogP contribution in [-0.4, -0.2) is 31.7 Å². The lowest BCUT2D eigenvalue weighted by Crippen LogP contribution is -2.48. The topological polar surface area (TPSA) is 64.3 Å². The van der Waals surface area contributed by atoms with Crippen molar-refractivity contribution < 1.29 is 9.53 Å². The molecule has 1 saturated carbocycles. The minimum Gasteiger partial charge on any atom is -0.383 e. The number of nitrogens with two attached hydrogens (primary N) is 1. The Labute approximate surface area is 104 Å². The molecule has 1 aliphatic carbocycles. The first kappa shape index (κ1) is 14.5. The van der Waals surface area contributed by atoms with Crippen molar-refractivity contribution in [1.82, 2.24) is 5.32 Å². The van der Waals surface area contributed by atoms with Gasteiger partial charge in [0.2, 0.25) is 5.91 Å². The van der Waals surface area contributed by atoms with Crippen LogP contribution in [0, 0.1) is 5.92 Å². The number of hydrogen-bond donors (Lipinski definition) is 2. The normalized spacial score (nSPS) is 26.5. The summed E-state index contributed by atoms with van der Waals surface area (Å²) in [6, 6.07) is 0.167. The van der Waals surface area contributed by atoms with Crippen molar-refractivity contribution in [3.8, 4) is 0 Å². The number of carbonyl (C=O) groups excluding carboxylic acids is 1. The minimum atomic E-state index is -0.0000350. The number of ether oxygens (including phenoxy) is 1. The smallest absolute Gasteiger partial charge is 0.224 e. The molecule has 1 fully saturated rings. The van der Waals surface area contributed by atoms with Gasteiger partial charge in [-0.15, -0.1) is 0 Å². The molecule has 3 N–H and O–H groups in total. The summed E-state index contributed by atoms with van der Waals surface area (Å²) in [7, 11) is 1.67. The Balaban J connectivity index is 2.44. The largest absolute Gasteiger partial charge is 0.383 e. The van der Waals surface area contributed by atoms with Crippen LogP contribution >= 0.6 is 0 Å². The van der Waals surface area contributed by atoms with Crippen LogP contribution in [0.5, 0.6) is 0 Å². The van der Waals surface area contributed by atoms with Crippen molar-refractivity contribution in [3.05, 3.63) is 0 Å². The highest BCUT2D eigenvalue weighted by atomic mass is 16.5. The summed E-state index contributed by atoms with van der Waals surface area (Å²) < 4.78 is 5.13. The number of hydrogen-bond acceptors (Lipinski definition) is 3. The van der Waals surface area contributed by atoms with Crippen LogP contribution in [0.25, 0.3) is 0 Å². The Hall–Kier alpha value is -0.610. The first-order chi connectivity index (χ1) is 8.19. The Morgan fingerprint density at radius 1 is 1.47 bits per heavy atom. The van der Waals surface area contributed by atoms with Gasteiger partial charge in [0.15, 0.2) is 0 Å². The molecule has 0 aromatic rings. The zero-order valence-corrected chi connectivity index (χ0v) is 11.1. The summed E-state index contributed by atoms with van der Waals surface area (Å²) in [6.45, 7) is 2.70. The van der Waals surface area contributed by atoms with Crippen molar-refractivity contribution >= 4 is 5.91 Å². The van der Waals surface area contributed by atoms with Crippen molar-refractivity contribution in [1.29, 1.82) is 0 Å². The van der Waals surface area contributed by atoms with E-state index in [0.717, 1.165) is 38.5 Å². The maximum Gasteiger partial charge on any atom is 0.224 e. The van der Waals surface area contributed by atoms with E-state index in [-0.39, 0.29) is 23.9 Å². The number of carbonyl (C=O) groups is 1. The van der Waals surface area contributed by atoms with Crippen LogP contribution in [0.2, 0.25) is 0 Å². The van der Waals surface area contributed by atoms with Crippen molar-refractivity contribution in [2.75, 3.05) is 13.7 Å². The molecule has 0 spiro atoms. The minimum absolute atomic E-state index is 0.0000350. The van der Waals surface area contributed by atoms with Crippen LogP contribution in [0.3, 0.4) is 0 Å². The molecule has 0 aromatic carbocycles. The van der Waals surface area contributed by atoms with E-state index in [2.05, 4.69) is 12.2 Å². The van der Waals surface area contributed by atoms with Gasteiger partial charge in [-0.1, -0.05) is 26.2 Å². The molecule has 17 heavy (non-hydrogen) atoms. The zero-order valence-electron chi connectivity index (χ0n) is 11.1. The summed E-state index contributed by atoms with van der Waals surface area (Å²) in [6.07, 6.45) is 6.18. The molecule has 0 radical (unpaired) electrons. The molecule has 0 saturated heterocycles. The fourth-order valence-electron chi connectivity index (χ4n) is 2.54. The third-order valence-corrected chi connectivity index (χ3v) is 3.51. The van der Waals surface area contributed by atoms with Crippen LogP contribution in [0.15, 0.2) is 0 Å². The van der Waals surface area contributed by atoms with E-state index < -0.39 is 0 Å². The molecule has 3 unspecified atom stereocenters. The summed E-state index contributed by atoms with van der Waals surface area (Å²) >= 11 is 0. The monoisotopic (exact) mass is 242 g/mol. The highest BCUT2D eigenvalue weighted by Gasteiger charge is 2.29. The van der Waals surface area contributed by atoms with Gasteiger partial charge in [0.05, 0.1) is 18.6 Å². The molecular formula is C13H26N2O2. The summed E-state index contributed by atoms with van der Waals surface area (Å²) in [5, 5.41) is 3.08. The molecule has 3 atom stereocenters. The third-order valence-electron chi connectivity index (χ3n) is 3.51. The quantitative estimate of drug-likeness (QED) is 0.740. The van der Waals surface area contributed by atoms with E-state index in [1.54, 1.807) is 7.11 Å². The predicted octanol–water partition coefficient (Wildman–Crippen LogP) is 1.44. The molecule has 0 aromatic heterocycles. The van der Waals surface area contributed by atoms with Crippen LogP contribution in [0.1, 0.15) is 45.4 Å². The number of methoxy groups -OCH3 is 1. The Morgan fingerprint density at radius 3 is 2.76 bits per heavy atom. The second-order valence-corrected chi connectivity index (χ2v) is 5.00. The second kappa shape index (κ2) is 7.67. The fourth-order valence-corrected chi connectivity index (χ4v) is 2.54. The Bertz CT molecular complexity index is 227. The highest BCUT2D eigenvalue weighted by molar-refractivity contribution is 5.79. The lowest BCUT2D eigenvalue weighted by atomic mass is 9.84. The molecule has 4 heteroatoms. The van der Waals surface area contributed by atoms with Crippen molar-refractivity contribution in [2.24, 2.45) is 11.7 Å². The first-order valence-electron chi connectivity index (χ1n) is 6.74. The first-order valence-corrected chi connectivity index (χ1v) is 6.74. The van der Waals surface area contributed by atoms with Gasteiger partial charge in [-0.05, 0) is 19.3 Å². The average Bonchev–Trinajstić information content (AvgIpc) is 2.30. The van der Waals surface area contributed by atoms with Crippen molar-refractivity contribution in [2.45, 2.75) is 57.5 Å². The lowest BCUT2D eigenvalue weighted by Gasteiger charge is -2.29. The highest BCUT2D eigenvalue weighted by Crippen LogP contribution is 2.23. The molecule has 0 heterocycles. The predicted molar refractivity (Wildman–Crippen MR) is 68.6 cm³/mol. The van der Waals surface area contributed by atoms with Gasteiger partial charge < -0.3 is 15.8 Å². The molecule has 1 aliphatic rings. The summed E-state index contributed by atoms with van der Waals surface area (Å²) in [5.41, 5.74) is 6.01. The number of amides is 1. The molecule has 0 aliphatic heterocycles. The van der Waals surface area contributed by atoms with Crippen LogP contribution in [-0.2, 0) is 9.53 Å². The average molecular weight is 242 g/mol. The van der Waals surface area contributed by atoms with E-state index in [4.69, 9.17) is 10.5 Å². The summed E-state index contributed by atoms with van der Waals surface area (Å²) in [4.78, 5) is 12.1. The van der Waals surface area contributed by atoms with Gasteiger partial charge in [-0.25, -0.2) is 0 Å². The molecule has 100 valence electrons. The van der Waals surface area contributed by atoms with Gasteiger partial charge in [-0.2, -0.15) is 0 Å². The van der Waals surface area contributed by atoms with E-state index in [1.807, 2.05) is 0 Å². The van der Waals surface area contributed by atoms with Gasteiger partial charge in [-0.3, -0.25) is 4.79 Å². The Morgan fingerprint density at radius 2 is 2.18 bits per heavy atom. The van der Waals surface area contributed by atoms with Gasteiger partial charge in [0, 0.05) is 13.2 Å². The van der Waals surface area contributed by atoms with E-state index in [9.17, 15) is 4.79 Å². The molecular weight excluding hydrogens is 216 g/mol. The van der Waals surface area contributed by atoms with Crippen LogP contribution < -0.4 is 11.1 Å². The van der Waals surface area contributed by atoms with E-state index >= 15 is 0 Å². The SMILES string of the molecule is CCCC(COC)NC(=O)C1CCCCC1N. The standard InChI is InChI=1S/C13H26N2O2/c1-3-6-10(9-17-2)15-13(16)11-7-4-5-8-12(11)14/h10-12H,3-9,14H2,1-2H3,(H,15,16). The fraction of sp³-hybridized carbons (Fsp3) is 0.923. The number of nitrogens with one attached hydrogen (secondary N) is 1. The Kier molecular flexibility index (Phi) is 6.52. The third kappa shape index (κ3) is 4.64. The lowest BCUT2D eigenvalue weighted by molar-refractivity contribution is -0.127. The van der Waals surface area contributed by atoms with Crippen molar-refractivity contribution in [3.63, 3.8) is 0 Å². The second-order valence-electron chi connectivity index (χ2n) is 5.00. The number of rotatable bonds is 6. The van der Waals surface area contributed by atoms with Gasteiger partial charge >= 0.3 is 0 Å². The van der Waals surface area contributed by atoms with Gasteiger partial charge in [0.1, 0.15) is 0 Å². The maximum absolute atomic E-state index is 12.1. The van der Waals surface area contributed by atoms with Crippen LogP contribution in [0.4, 0.5) is 0 Å². The molecule has 1 amide bonds. The molecule has 1 rings (SSSR count). The van der Waals surface area contributed by atoms with Gasteiger partial charge in [0.25, 0.3) is 0 Å². The van der Waals surface area contributed by atoms with E-state index in [1.165, 1.54) is 0 Å². The molecule has 4 nitrogen and oxygen atoms in total. The van der Waals surface area contributed by atoms with E-state index in [0.29, 0.717) is 6.61 Å². The zero-order chi connectivity index (χ0) is 12.7. The molecule has 0 bridgehead atoms. The maximum atomic E-state index is 12.1. The summed E-state index contributed by atoms with van der Waals surface area (Å²) in [5.74, 6) is 0.118.